The number of carbonyl (C=O) groups excluding carboxylic acids is 1. The molecule has 0 heterocycles. The van der Waals surface area contributed by atoms with Crippen LogP contribution < -0.4 is 0 Å². The van der Waals surface area contributed by atoms with Crippen molar-refractivity contribution in [1.29, 1.82) is 0 Å². The standard InChI is InChI=1S/C7H3BrClFO/c8-4-2-1-3-5(10)6(4)7(9)11/h1-3H. The summed E-state index contributed by atoms with van der Waals surface area (Å²) in [4.78, 5) is 10.6. The molecule has 1 aromatic rings. The summed E-state index contributed by atoms with van der Waals surface area (Å²) in [5, 5.41) is -0.796. The Morgan fingerprint density at radius 1 is 1.55 bits per heavy atom. The maximum atomic E-state index is 12.8. The molecule has 0 unspecified atom stereocenters. The lowest BCUT2D eigenvalue weighted by Gasteiger charge is -1.97. The Morgan fingerprint density at radius 2 is 2.18 bits per heavy atom. The van der Waals surface area contributed by atoms with Gasteiger partial charge < -0.3 is 0 Å². The SMILES string of the molecule is O=C(Cl)c1c(F)cccc1Br. The summed E-state index contributed by atoms with van der Waals surface area (Å²) in [6, 6.07) is 4.22. The number of benzene rings is 1. The van der Waals surface area contributed by atoms with E-state index >= 15 is 0 Å². The van der Waals surface area contributed by atoms with Gasteiger partial charge in [-0.3, -0.25) is 4.79 Å². The number of hydrogen-bond acceptors (Lipinski definition) is 1. The molecule has 1 rings (SSSR count). The first-order valence-corrected chi connectivity index (χ1v) is 3.94. The summed E-state index contributed by atoms with van der Waals surface area (Å²) in [7, 11) is 0. The summed E-state index contributed by atoms with van der Waals surface area (Å²) < 4.78 is 13.1. The molecule has 0 aliphatic rings. The molecule has 11 heavy (non-hydrogen) atoms. The highest BCUT2D eigenvalue weighted by Gasteiger charge is 2.11. The lowest BCUT2D eigenvalue weighted by Crippen LogP contribution is -1.94. The van der Waals surface area contributed by atoms with E-state index in [4.69, 9.17) is 11.6 Å². The van der Waals surface area contributed by atoms with Gasteiger partial charge in [-0.25, -0.2) is 4.39 Å². The second kappa shape index (κ2) is 3.32. The van der Waals surface area contributed by atoms with E-state index in [0.717, 1.165) is 0 Å². The Morgan fingerprint density at radius 3 is 2.55 bits per heavy atom. The van der Waals surface area contributed by atoms with Crippen molar-refractivity contribution in [3.05, 3.63) is 34.1 Å². The van der Waals surface area contributed by atoms with E-state index in [-0.39, 0.29) is 5.56 Å². The van der Waals surface area contributed by atoms with Gasteiger partial charge in [0.15, 0.2) is 0 Å². The van der Waals surface area contributed by atoms with E-state index in [9.17, 15) is 9.18 Å². The fourth-order valence-electron chi connectivity index (χ4n) is 0.686. The van der Waals surface area contributed by atoms with Gasteiger partial charge in [0.05, 0.1) is 5.56 Å². The molecule has 0 aliphatic heterocycles. The Kier molecular flexibility index (Phi) is 2.62. The molecule has 0 aliphatic carbocycles. The van der Waals surface area contributed by atoms with Crippen LogP contribution in [0.2, 0.25) is 0 Å². The zero-order valence-corrected chi connectivity index (χ0v) is 7.62. The fourth-order valence-corrected chi connectivity index (χ4v) is 1.51. The number of rotatable bonds is 1. The van der Waals surface area contributed by atoms with Crippen molar-refractivity contribution in [3.63, 3.8) is 0 Å². The molecule has 0 atom stereocenters. The van der Waals surface area contributed by atoms with Crippen LogP contribution in [-0.2, 0) is 0 Å². The van der Waals surface area contributed by atoms with E-state index in [1.807, 2.05) is 0 Å². The first kappa shape index (κ1) is 8.68. The summed E-state index contributed by atoms with van der Waals surface area (Å²) in [6.07, 6.45) is 0. The first-order valence-electron chi connectivity index (χ1n) is 2.77. The molecule has 0 aromatic heterocycles. The number of hydrogen-bond donors (Lipinski definition) is 0. The van der Waals surface area contributed by atoms with Gasteiger partial charge in [0.1, 0.15) is 5.82 Å². The average molecular weight is 237 g/mol. The first-order chi connectivity index (χ1) is 5.13. The van der Waals surface area contributed by atoms with Crippen LogP contribution in [0, 0.1) is 5.82 Å². The van der Waals surface area contributed by atoms with E-state index in [1.165, 1.54) is 12.1 Å². The molecule has 0 bridgehead atoms. The second-order valence-corrected chi connectivity index (χ2v) is 3.07. The fraction of sp³-hybridized carbons (Fsp3) is 0. The molecule has 0 spiro atoms. The molecule has 0 saturated carbocycles. The molecule has 0 saturated heterocycles. The average Bonchev–Trinajstić information content (AvgIpc) is 1.85. The highest BCUT2D eigenvalue weighted by atomic mass is 79.9. The van der Waals surface area contributed by atoms with Crippen molar-refractivity contribution in [2.24, 2.45) is 0 Å². The van der Waals surface area contributed by atoms with E-state index < -0.39 is 11.1 Å². The van der Waals surface area contributed by atoms with Crippen LogP contribution in [0.25, 0.3) is 0 Å². The smallest absolute Gasteiger partial charge is 0.256 e. The predicted octanol–water partition coefficient (Wildman–Crippen LogP) is 2.97. The lowest BCUT2D eigenvalue weighted by molar-refractivity contribution is 0.107. The number of halogens is 3. The summed E-state index contributed by atoms with van der Waals surface area (Å²) >= 11 is 8.11. The highest BCUT2D eigenvalue weighted by Crippen LogP contribution is 2.20. The van der Waals surface area contributed by atoms with Crippen LogP contribution in [-0.4, -0.2) is 5.24 Å². The Bertz CT molecular complexity index is 280. The lowest BCUT2D eigenvalue weighted by atomic mass is 10.2. The molecular formula is C7H3BrClFO. The minimum Gasteiger partial charge on any atom is -0.275 e. The summed E-state index contributed by atoms with van der Waals surface area (Å²) in [5.74, 6) is -0.612. The summed E-state index contributed by atoms with van der Waals surface area (Å²) in [5.41, 5.74) is -0.117. The highest BCUT2D eigenvalue weighted by molar-refractivity contribution is 9.10. The minimum atomic E-state index is -0.796. The van der Waals surface area contributed by atoms with Gasteiger partial charge in [0.2, 0.25) is 0 Å². The topological polar surface area (TPSA) is 17.1 Å². The van der Waals surface area contributed by atoms with Gasteiger partial charge in [-0.2, -0.15) is 0 Å². The van der Waals surface area contributed by atoms with Crippen LogP contribution in [0.5, 0.6) is 0 Å². The van der Waals surface area contributed by atoms with Crippen LogP contribution in [0.4, 0.5) is 4.39 Å². The monoisotopic (exact) mass is 236 g/mol. The van der Waals surface area contributed by atoms with Crippen LogP contribution in [0.15, 0.2) is 22.7 Å². The van der Waals surface area contributed by atoms with Crippen molar-refractivity contribution < 1.29 is 9.18 Å². The molecule has 0 fully saturated rings. The van der Waals surface area contributed by atoms with E-state index in [0.29, 0.717) is 4.47 Å². The molecule has 4 heteroatoms. The van der Waals surface area contributed by atoms with Crippen molar-refractivity contribution in [1.82, 2.24) is 0 Å². The van der Waals surface area contributed by atoms with Crippen LogP contribution in [0.3, 0.4) is 0 Å². The minimum absolute atomic E-state index is 0.117. The zero-order chi connectivity index (χ0) is 8.43. The van der Waals surface area contributed by atoms with Gasteiger partial charge in [0.25, 0.3) is 5.24 Å². The van der Waals surface area contributed by atoms with Crippen molar-refractivity contribution in [3.8, 4) is 0 Å². The third-order valence-corrected chi connectivity index (χ3v) is 2.01. The van der Waals surface area contributed by atoms with Gasteiger partial charge in [-0.1, -0.05) is 6.07 Å². The Balaban J connectivity index is 3.32. The largest absolute Gasteiger partial charge is 0.275 e. The number of carbonyl (C=O) groups is 1. The summed E-state index contributed by atoms with van der Waals surface area (Å²) in [6.45, 7) is 0. The predicted molar refractivity (Wildman–Crippen MR) is 44.3 cm³/mol. The van der Waals surface area contributed by atoms with Gasteiger partial charge in [0, 0.05) is 4.47 Å². The maximum absolute atomic E-state index is 12.8. The van der Waals surface area contributed by atoms with Gasteiger partial charge in [-0.15, -0.1) is 0 Å². The maximum Gasteiger partial charge on any atom is 0.256 e. The molecule has 58 valence electrons. The third-order valence-electron chi connectivity index (χ3n) is 1.16. The van der Waals surface area contributed by atoms with Crippen LogP contribution >= 0.6 is 27.5 Å². The Hall–Kier alpha value is -0.410. The molecular weight excluding hydrogens is 234 g/mol. The molecule has 1 nitrogen and oxygen atoms in total. The van der Waals surface area contributed by atoms with Crippen molar-refractivity contribution in [2.75, 3.05) is 0 Å². The zero-order valence-electron chi connectivity index (χ0n) is 5.27. The quantitative estimate of drug-likeness (QED) is 0.686. The molecule has 1 aromatic carbocycles. The van der Waals surface area contributed by atoms with Gasteiger partial charge >= 0.3 is 0 Å². The molecule has 0 amide bonds. The van der Waals surface area contributed by atoms with Crippen molar-refractivity contribution in [2.45, 2.75) is 0 Å². The Labute approximate surface area is 76.3 Å². The molecule has 0 N–H and O–H groups in total. The van der Waals surface area contributed by atoms with E-state index in [2.05, 4.69) is 15.9 Å². The molecule has 0 radical (unpaired) electrons. The normalized spacial score (nSPS) is 9.73. The van der Waals surface area contributed by atoms with Gasteiger partial charge in [-0.05, 0) is 39.7 Å². The second-order valence-electron chi connectivity index (χ2n) is 1.87. The van der Waals surface area contributed by atoms with E-state index in [1.54, 1.807) is 6.07 Å². The van der Waals surface area contributed by atoms with Crippen LogP contribution in [0.1, 0.15) is 10.4 Å². The third kappa shape index (κ3) is 1.79. The van der Waals surface area contributed by atoms with Crippen molar-refractivity contribution >= 4 is 32.8 Å².